The van der Waals surface area contributed by atoms with Gasteiger partial charge in [-0.05, 0) is 44.0 Å². The van der Waals surface area contributed by atoms with E-state index in [1.54, 1.807) is 11.1 Å². The fraction of sp³-hybridized carbons (Fsp3) is 0.345. The fourth-order valence-electron chi connectivity index (χ4n) is 5.01. The van der Waals surface area contributed by atoms with Gasteiger partial charge in [0.1, 0.15) is 35.0 Å². The number of hydrogen-bond donors (Lipinski definition) is 0. The second kappa shape index (κ2) is 9.86. The van der Waals surface area contributed by atoms with Crippen LogP contribution in [-0.2, 0) is 4.74 Å². The minimum Gasteiger partial charge on any atom is -0.444 e. The SMILES string of the molecule is [C-]#[N+]C[C@H]1CN(c2ncnc3c(F)c(-c4cccc5cccc(C)c45)ncc23)CCN1C(=O)OC(C)(C)C. The molecule has 194 valence electrons. The lowest BCUT2D eigenvalue weighted by atomic mass is 9.97. The fourth-order valence-corrected chi connectivity index (χ4v) is 5.01. The van der Waals surface area contributed by atoms with E-state index in [-0.39, 0.29) is 17.8 Å². The first-order valence-electron chi connectivity index (χ1n) is 12.5. The van der Waals surface area contributed by atoms with Crippen LogP contribution in [-0.4, -0.2) is 63.8 Å². The summed E-state index contributed by atoms with van der Waals surface area (Å²) in [6.07, 6.45) is 2.52. The summed E-state index contributed by atoms with van der Waals surface area (Å²) in [7, 11) is 0. The van der Waals surface area contributed by atoms with Crippen molar-refractivity contribution in [2.24, 2.45) is 0 Å². The molecule has 1 fully saturated rings. The molecule has 0 unspecified atom stereocenters. The molecule has 4 aromatic rings. The van der Waals surface area contributed by atoms with Crippen molar-refractivity contribution in [3.8, 4) is 11.3 Å². The predicted octanol–water partition coefficient (Wildman–Crippen LogP) is 5.64. The van der Waals surface area contributed by atoms with Crippen molar-refractivity contribution < 1.29 is 13.9 Å². The van der Waals surface area contributed by atoms with Gasteiger partial charge in [-0.25, -0.2) is 25.7 Å². The van der Waals surface area contributed by atoms with Crippen LogP contribution in [0.5, 0.6) is 0 Å². The number of rotatable bonds is 3. The number of aryl methyl sites for hydroxylation is 1. The molecule has 0 aliphatic carbocycles. The first-order chi connectivity index (χ1) is 18.2. The van der Waals surface area contributed by atoms with E-state index in [9.17, 15) is 4.79 Å². The van der Waals surface area contributed by atoms with Crippen molar-refractivity contribution in [3.63, 3.8) is 0 Å². The predicted molar refractivity (Wildman–Crippen MR) is 145 cm³/mol. The minimum absolute atomic E-state index is 0.121. The summed E-state index contributed by atoms with van der Waals surface area (Å²) in [5, 5.41) is 2.45. The number of carbonyl (C=O) groups excluding carboxylic acids is 1. The molecule has 5 rings (SSSR count). The van der Waals surface area contributed by atoms with Gasteiger partial charge in [-0.3, -0.25) is 9.88 Å². The number of aromatic nitrogens is 3. The van der Waals surface area contributed by atoms with Crippen LogP contribution in [0.3, 0.4) is 0 Å². The van der Waals surface area contributed by atoms with Gasteiger partial charge in [-0.15, -0.1) is 0 Å². The molecule has 9 heteroatoms. The van der Waals surface area contributed by atoms with Crippen molar-refractivity contribution in [3.05, 3.63) is 71.7 Å². The summed E-state index contributed by atoms with van der Waals surface area (Å²) in [6, 6.07) is 11.4. The number of carbonyl (C=O) groups is 1. The smallest absolute Gasteiger partial charge is 0.410 e. The molecule has 8 nitrogen and oxygen atoms in total. The number of halogens is 1. The highest BCUT2D eigenvalue weighted by molar-refractivity contribution is 6.00. The first-order valence-corrected chi connectivity index (χ1v) is 12.5. The van der Waals surface area contributed by atoms with Crippen LogP contribution in [0, 0.1) is 19.3 Å². The summed E-state index contributed by atoms with van der Waals surface area (Å²) in [5.41, 5.74) is 1.53. The highest BCUT2D eigenvalue weighted by atomic mass is 19.1. The number of benzene rings is 2. The Kier molecular flexibility index (Phi) is 6.57. The van der Waals surface area contributed by atoms with Crippen LogP contribution in [0.4, 0.5) is 15.0 Å². The molecule has 0 spiro atoms. The lowest BCUT2D eigenvalue weighted by Gasteiger charge is -2.40. The summed E-state index contributed by atoms with van der Waals surface area (Å²) in [5.74, 6) is 0.0212. The topological polar surface area (TPSA) is 75.8 Å². The quantitative estimate of drug-likeness (QED) is 0.331. The molecule has 38 heavy (non-hydrogen) atoms. The average Bonchev–Trinajstić information content (AvgIpc) is 2.88. The molecular formula is C29H29FN6O2. The molecule has 1 atom stereocenters. The second-order valence-corrected chi connectivity index (χ2v) is 10.5. The molecule has 1 aliphatic rings. The van der Waals surface area contributed by atoms with Crippen LogP contribution < -0.4 is 4.90 Å². The van der Waals surface area contributed by atoms with Gasteiger partial charge in [0.05, 0.1) is 5.39 Å². The van der Waals surface area contributed by atoms with E-state index in [2.05, 4.69) is 19.8 Å². The van der Waals surface area contributed by atoms with Crippen LogP contribution in [0.25, 0.3) is 37.8 Å². The zero-order valence-corrected chi connectivity index (χ0v) is 21.9. The van der Waals surface area contributed by atoms with Gasteiger partial charge in [0.2, 0.25) is 6.54 Å². The number of piperazine rings is 1. The van der Waals surface area contributed by atoms with Gasteiger partial charge in [-0.1, -0.05) is 36.4 Å². The molecule has 0 radical (unpaired) electrons. The molecule has 0 bridgehead atoms. The Balaban J connectivity index is 1.51. The van der Waals surface area contributed by atoms with Crippen molar-refractivity contribution in [2.75, 3.05) is 31.1 Å². The van der Waals surface area contributed by atoms with E-state index in [0.717, 1.165) is 16.3 Å². The maximum atomic E-state index is 16.0. The Morgan fingerprint density at radius 2 is 1.92 bits per heavy atom. The molecule has 1 aliphatic heterocycles. The van der Waals surface area contributed by atoms with Crippen LogP contribution in [0.1, 0.15) is 26.3 Å². The Labute approximate surface area is 220 Å². The van der Waals surface area contributed by atoms with Gasteiger partial charge >= 0.3 is 6.09 Å². The number of hydrogen-bond acceptors (Lipinski definition) is 6. The third-order valence-electron chi connectivity index (χ3n) is 6.68. The van der Waals surface area contributed by atoms with Crippen molar-refractivity contribution in [2.45, 2.75) is 39.3 Å². The van der Waals surface area contributed by atoms with Gasteiger partial charge in [0, 0.05) is 31.4 Å². The molecule has 2 aromatic carbocycles. The highest BCUT2D eigenvalue weighted by Gasteiger charge is 2.36. The summed E-state index contributed by atoms with van der Waals surface area (Å²) in [4.78, 5) is 33.2. The molecule has 0 saturated carbocycles. The van der Waals surface area contributed by atoms with E-state index >= 15 is 4.39 Å². The van der Waals surface area contributed by atoms with E-state index in [1.807, 2.05) is 69.0 Å². The molecule has 2 aromatic heterocycles. The van der Waals surface area contributed by atoms with E-state index in [0.29, 0.717) is 36.4 Å². The van der Waals surface area contributed by atoms with Crippen molar-refractivity contribution in [1.29, 1.82) is 0 Å². The average molecular weight is 513 g/mol. The second-order valence-electron chi connectivity index (χ2n) is 10.5. The van der Waals surface area contributed by atoms with E-state index in [1.165, 1.54) is 6.33 Å². The number of pyridine rings is 1. The zero-order valence-electron chi connectivity index (χ0n) is 21.9. The number of nitrogens with zero attached hydrogens (tertiary/aromatic N) is 6. The van der Waals surface area contributed by atoms with Gasteiger partial charge < -0.3 is 14.5 Å². The molecule has 1 saturated heterocycles. The van der Waals surface area contributed by atoms with Crippen LogP contribution in [0.15, 0.2) is 48.9 Å². The van der Waals surface area contributed by atoms with Gasteiger partial charge in [0.25, 0.3) is 0 Å². The normalized spacial score (nSPS) is 16.1. The zero-order chi connectivity index (χ0) is 27.0. The summed E-state index contributed by atoms with van der Waals surface area (Å²) < 4.78 is 21.6. The lowest BCUT2D eigenvalue weighted by Crippen LogP contribution is -2.57. The van der Waals surface area contributed by atoms with Crippen molar-refractivity contribution >= 4 is 33.6 Å². The largest absolute Gasteiger partial charge is 0.444 e. The minimum atomic E-state index is -0.636. The highest BCUT2D eigenvalue weighted by Crippen LogP contribution is 2.35. The Hall–Kier alpha value is -4.32. The molecule has 0 N–H and O–H groups in total. The van der Waals surface area contributed by atoms with Crippen LogP contribution in [0.2, 0.25) is 0 Å². The maximum Gasteiger partial charge on any atom is 0.410 e. The number of ether oxygens (including phenoxy) is 1. The van der Waals surface area contributed by atoms with Crippen molar-refractivity contribution in [1.82, 2.24) is 19.9 Å². The van der Waals surface area contributed by atoms with Gasteiger partial charge in [0.15, 0.2) is 5.82 Å². The summed E-state index contributed by atoms with van der Waals surface area (Å²) in [6.45, 7) is 16.1. The van der Waals surface area contributed by atoms with E-state index in [4.69, 9.17) is 11.3 Å². The third kappa shape index (κ3) is 4.70. The number of fused-ring (bicyclic) bond motifs is 2. The standard InChI is InChI=1S/C29H29FN6O2/c1-18-8-6-9-19-10-7-11-21(23(18)19)25-24(30)26-22(15-32-25)27(34-17-33-26)35-12-13-36(20(16-35)14-31-5)28(37)38-29(2,3)4/h6-11,15,17,20H,12-14,16H2,1-4H3/t20-/m0/s1. The Morgan fingerprint density at radius 3 is 2.66 bits per heavy atom. The number of amides is 1. The lowest BCUT2D eigenvalue weighted by molar-refractivity contribution is 0.0156. The van der Waals surface area contributed by atoms with Crippen LogP contribution >= 0.6 is 0 Å². The van der Waals surface area contributed by atoms with E-state index < -0.39 is 23.6 Å². The first kappa shape index (κ1) is 25.3. The molecule has 3 heterocycles. The molecular weight excluding hydrogens is 483 g/mol. The van der Waals surface area contributed by atoms with Gasteiger partial charge in [-0.2, -0.15) is 0 Å². The third-order valence-corrected chi connectivity index (χ3v) is 6.68. The maximum absolute atomic E-state index is 16.0. The number of anilines is 1. The summed E-state index contributed by atoms with van der Waals surface area (Å²) >= 11 is 0. The Bertz CT molecular complexity index is 1570. The Morgan fingerprint density at radius 1 is 1.16 bits per heavy atom. The monoisotopic (exact) mass is 512 g/mol. The molecule has 1 amide bonds.